The molecular weight excluding hydrogens is 288 g/mol. The highest BCUT2D eigenvalue weighted by Crippen LogP contribution is 2.33. The molecule has 5 heteroatoms. The second kappa shape index (κ2) is 4.84. The molecule has 88 valence electrons. The molecule has 0 spiro atoms. The number of amides is 1. The Morgan fingerprint density at radius 3 is 2.88 bits per heavy atom. The summed E-state index contributed by atoms with van der Waals surface area (Å²) in [6.07, 6.45) is 4.03. The molecule has 0 aliphatic heterocycles. The van der Waals surface area contributed by atoms with E-state index in [1.165, 1.54) is 24.2 Å². The highest BCUT2D eigenvalue weighted by Gasteiger charge is 2.29. The average molecular weight is 303 g/mol. The van der Waals surface area contributed by atoms with Gasteiger partial charge in [-0.25, -0.2) is 4.98 Å². The van der Waals surface area contributed by atoms with Crippen molar-refractivity contribution in [1.82, 2.24) is 9.88 Å². The monoisotopic (exact) mass is 302 g/mol. The Morgan fingerprint density at radius 1 is 1.69 bits per heavy atom. The number of rotatable bonds is 3. The smallest absolute Gasteiger partial charge is 0.265 e. The topological polar surface area (TPSA) is 33.2 Å². The number of carbonyl (C=O) groups excluding carboxylic acids is 1. The molecule has 3 nitrogen and oxygen atoms in total. The van der Waals surface area contributed by atoms with Crippen LogP contribution in [-0.2, 0) is 0 Å². The number of hydrogen-bond acceptors (Lipinski definition) is 3. The summed E-state index contributed by atoms with van der Waals surface area (Å²) in [6.45, 7) is 2.78. The van der Waals surface area contributed by atoms with E-state index in [-0.39, 0.29) is 5.91 Å². The third-order valence-corrected chi connectivity index (χ3v) is 4.54. The molecule has 1 amide bonds. The van der Waals surface area contributed by atoms with Crippen LogP contribution in [0.5, 0.6) is 0 Å². The first-order valence-corrected chi connectivity index (χ1v) is 7.11. The van der Waals surface area contributed by atoms with E-state index in [0.717, 1.165) is 16.4 Å². The molecule has 1 heterocycles. The van der Waals surface area contributed by atoms with Crippen molar-refractivity contribution in [1.29, 1.82) is 0 Å². The number of alkyl halides is 1. The van der Waals surface area contributed by atoms with Crippen molar-refractivity contribution in [2.45, 2.75) is 24.6 Å². The fraction of sp³-hybridized carbons (Fsp3) is 0.636. The van der Waals surface area contributed by atoms with E-state index in [0.29, 0.717) is 10.7 Å². The molecular formula is C11H15BrN2OS. The molecule has 2 rings (SSSR count). The Hall–Kier alpha value is -0.420. The molecule has 1 aromatic heterocycles. The highest BCUT2D eigenvalue weighted by atomic mass is 79.9. The number of nitrogens with zero attached hydrogens (tertiary/aromatic N) is 2. The third kappa shape index (κ3) is 2.63. The average Bonchev–Trinajstić information content (AvgIpc) is 2.61. The van der Waals surface area contributed by atoms with Crippen molar-refractivity contribution in [3.8, 4) is 0 Å². The van der Waals surface area contributed by atoms with Crippen molar-refractivity contribution in [3.05, 3.63) is 16.1 Å². The van der Waals surface area contributed by atoms with E-state index >= 15 is 0 Å². The van der Waals surface area contributed by atoms with Gasteiger partial charge in [0, 0.05) is 18.4 Å². The second-order valence-corrected chi connectivity index (χ2v) is 6.89. The molecule has 16 heavy (non-hydrogen) atoms. The first-order valence-electron chi connectivity index (χ1n) is 5.38. The summed E-state index contributed by atoms with van der Waals surface area (Å²) in [5.41, 5.74) is 0. The lowest BCUT2D eigenvalue weighted by molar-refractivity contribution is 0.0753. The number of carbonyl (C=O) groups is 1. The van der Waals surface area contributed by atoms with Crippen LogP contribution in [0.4, 0.5) is 0 Å². The van der Waals surface area contributed by atoms with Gasteiger partial charge in [0.05, 0.1) is 11.2 Å². The SMILES string of the molecule is Cc1ncc(C(=O)N(C)CC2CC(Br)C2)s1. The molecule has 0 saturated heterocycles. The summed E-state index contributed by atoms with van der Waals surface area (Å²) < 4.78 is 0. The normalized spacial score (nSPS) is 23.9. The fourth-order valence-electron chi connectivity index (χ4n) is 1.92. The molecule has 1 aromatic rings. The lowest BCUT2D eigenvalue weighted by atomic mass is 9.85. The Bertz CT molecular complexity index is 387. The molecule has 0 radical (unpaired) electrons. The van der Waals surface area contributed by atoms with Crippen LogP contribution in [0.3, 0.4) is 0 Å². The zero-order chi connectivity index (χ0) is 11.7. The van der Waals surface area contributed by atoms with Gasteiger partial charge in [0.15, 0.2) is 0 Å². The first-order chi connectivity index (χ1) is 7.56. The third-order valence-electron chi connectivity index (χ3n) is 2.89. The number of hydrogen-bond donors (Lipinski definition) is 0. The van der Waals surface area contributed by atoms with Crippen molar-refractivity contribution >= 4 is 33.2 Å². The summed E-state index contributed by atoms with van der Waals surface area (Å²) in [6, 6.07) is 0. The van der Waals surface area contributed by atoms with Crippen molar-refractivity contribution in [2.24, 2.45) is 5.92 Å². The zero-order valence-electron chi connectivity index (χ0n) is 9.44. The molecule has 0 aromatic carbocycles. The van der Waals surface area contributed by atoms with E-state index in [2.05, 4.69) is 20.9 Å². The molecule has 1 aliphatic rings. The van der Waals surface area contributed by atoms with Crippen LogP contribution in [0.15, 0.2) is 6.20 Å². The van der Waals surface area contributed by atoms with Crippen LogP contribution in [0.1, 0.15) is 27.5 Å². The second-order valence-electron chi connectivity index (χ2n) is 4.36. The first kappa shape index (κ1) is 12.0. The van der Waals surface area contributed by atoms with Crippen LogP contribution in [0.2, 0.25) is 0 Å². The van der Waals surface area contributed by atoms with Gasteiger partial charge in [0.2, 0.25) is 0 Å². The molecule has 0 bridgehead atoms. The van der Waals surface area contributed by atoms with Crippen LogP contribution >= 0.6 is 27.3 Å². The van der Waals surface area contributed by atoms with Gasteiger partial charge in [0.25, 0.3) is 5.91 Å². The van der Waals surface area contributed by atoms with Crippen LogP contribution in [0, 0.1) is 12.8 Å². The Morgan fingerprint density at radius 2 is 2.38 bits per heavy atom. The van der Waals surface area contributed by atoms with Gasteiger partial charge in [0.1, 0.15) is 4.88 Å². The van der Waals surface area contributed by atoms with Crippen molar-refractivity contribution in [2.75, 3.05) is 13.6 Å². The van der Waals surface area contributed by atoms with Gasteiger partial charge in [-0.1, -0.05) is 15.9 Å². The predicted octanol–water partition coefficient (Wildman–Crippen LogP) is 2.70. The molecule has 0 unspecified atom stereocenters. The van der Waals surface area contributed by atoms with Gasteiger partial charge in [-0.15, -0.1) is 11.3 Å². The molecule has 0 atom stereocenters. The lowest BCUT2D eigenvalue weighted by Gasteiger charge is -2.34. The van der Waals surface area contributed by atoms with E-state index < -0.39 is 0 Å². The van der Waals surface area contributed by atoms with Crippen LogP contribution in [-0.4, -0.2) is 34.2 Å². The van der Waals surface area contributed by atoms with Crippen molar-refractivity contribution in [3.63, 3.8) is 0 Å². The minimum absolute atomic E-state index is 0.101. The Balaban J connectivity index is 1.89. The Labute approximate surface area is 108 Å². The van der Waals surface area contributed by atoms with Gasteiger partial charge < -0.3 is 4.90 Å². The maximum Gasteiger partial charge on any atom is 0.265 e. The van der Waals surface area contributed by atoms with Crippen LogP contribution < -0.4 is 0 Å². The number of thiazole rings is 1. The predicted molar refractivity (Wildman–Crippen MR) is 69.3 cm³/mol. The van der Waals surface area contributed by atoms with Gasteiger partial charge in [-0.05, 0) is 25.7 Å². The molecule has 1 aliphatic carbocycles. The zero-order valence-corrected chi connectivity index (χ0v) is 11.8. The quantitative estimate of drug-likeness (QED) is 0.804. The fourth-order valence-corrected chi connectivity index (χ4v) is 3.75. The molecule has 1 saturated carbocycles. The molecule has 0 N–H and O–H groups in total. The van der Waals surface area contributed by atoms with E-state index in [9.17, 15) is 4.79 Å². The Kier molecular flexibility index (Phi) is 3.64. The largest absolute Gasteiger partial charge is 0.341 e. The van der Waals surface area contributed by atoms with E-state index in [1.807, 2.05) is 18.9 Å². The van der Waals surface area contributed by atoms with Gasteiger partial charge >= 0.3 is 0 Å². The lowest BCUT2D eigenvalue weighted by Crippen LogP contribution is -2.37. The summed E-state index contributed by atoms with van der Waals surface area (Å²) in [5, 5.41) is 0.945. The maximum atomic E-state index is 12.0. The van der Waals surface area contributed by atoms with Crippen molar-refractivity contribution < 1.29 is 4.79 Å². The maximum absolute atomic E-state index is 12.0. The number of aryl methyl sites for hydroxylation is 1. The molecule has 1 fully saturated rings. The van der Waals surface area contributed by atoms with E-state index in [1.54, 1.807) is 6.20 Å². The number of halogens is 1. The highest BCUT2D eigenvalue weighted by molar-refractivity contribution is 9.09. The minimum atomic E-state index is 0.101. The number of aromatic nitrogens is 1. The van der Waals surface area contributed by atoms with Gasteiger partial charge in [-0.3, -0.25) is 4.79 Å². The summed E-state index contributed by atoms with van der Waals surface area (Å²) in [7, 11) is 1.87. The van der Waals surface area contributed by atoms with Gasteiger partial charge in [-0.2, -0.15) is 0 Å². The minimum Gasteiger partial charge on any atom is -0.341 e. The summed E-state index contributed by atoms with van der Waals surface area (Å²) >= 11 is 5.03. The van der Waals surface area contributed by atoms with E-state index in [4.69, 9.17) is 0 Å². The summed E-state index contributed by atoms with van der Waals surface area (Å²) in [5.74, 6) is 0.760. The summed E-state index contributed by atoms with van der Waals surface area (Å²) in [4.78, 5) is 19.3. The van der Waals surface area contributed by atoms with Crippen LogP contribution in [0.25, 0.3) is 0 Å². The standard InChI is InChI=1S/C11H15BrN2OS/c1-7-13-5-10(16-7)11(15)14(2)6-8-3-9(12)4-8/h5,8-9H,3-4,6H2,1-2H3.